The monoisotopic (exact) mass is 637 g/mol. The highest BCUT2D eigenvalue weighted by Gasteiger charge is 2.54. The van der Waals surface area contributed by atoms with E-state index in [2.05, 4.69) is 21.6 Å². The maximum Gasteiger partial charge on any atom is 0.253 e. The van der Waals surface area contributed by atoms with Crippen LogP contribution < -0.4 is 5.32 Å². The van der Waals surface area contributed by atoms with Crippen molar-refractivity contribution in [3.05, 3.63) is 81.6 Å². The Morgan fingerprint density at radius 1 is 1.00 bits per heavy atom. The van der Waals surface area contributed by atoms with E-state index in [0.717, 1.165) is 35.1 Å². The van der Waals surface area contributed by atoms with Gasteiger partial charge in [-0.05, 0) is 91.5 Å². The van der Waals surface area contributed by atoms with Crippen LogP contribution in [-0.2, 0) is 29.5 Å². The molecule has 246 valence electrons. The molecule has 2 fully saturated rings. The number of benzene rings is 2. The van der Waals surface area contributed by atoms with Crippen LogP contribution in [0.15, 0.2) is 40.8 Å². The fourth-order valence-corrected chi connectivity index (χ4v) is 7.55. The summed E-state index contributed by atoms with van der Waals surface area (Å²) in [6.07, 6.45) is 4.04. The molecule has 1 N–H and O–H groups in total. The highest BCUT2D eigenvalue weighted by molar-refractivity contribution is 5.95. The van der Waals surface area contributed by atoms with Gasteiger partial charge in [-0.3, -0.25) is 14.4 Å². The van der Waals surface area contributed by atoms with Gasteiger partial charge < -0.3 is 24.4 Å². The molecule has 11 heteroatoms. The Bertz CT molecular complexity index is 1680. The molecule has 0 unspecified atom stereocenters. The van der Waals surface area contributed by atoms with Crippen LogP contribution in [0.4, 0.5) is 0 Å². The second-order valence-corrected chi connectivity index (χ2v) is 13.6. The predicted octanol–water partition coefficient (Wildman–Crippen LogP) is 3.35. The number of rotatable bonds is 9. The normalized spacial score (nSPS) is 21.0. The molecule has 0 spiro atoms. The molecule has 1 saturated carbocycles. The Balaban J connectivity index is 1.45. The zero-order valence-corrected chi connectivity index (χ0v) is 28.0. The quantitative estimate of drug-likeness (QED) is 0.378. The summed E-state index contributed by atoms with van der Waals surface area (Å²) in [5.74, 6) is 1.15. The number of likely N-dealkylation sites (tertiary alicyclic amines) is 1. The summed E-state index contributed by atoms with van der Waals surface area (Å²) in [6.45, 7) is 4.11. The van der Waals surface area contributed by atoms with E-state index in [4.69, 9.17) is 4.42 Å². The average Bonchev–Trinajstić information content (AvgIpc) is 3.50. The van der Waals surface area contributed by atoms with E-state index in [-0.39, 0.29) is 42.4 Å². The topological polar surface area (TPSA) is 136 Å². The SMILES string of the molecule is CCc1nnc(C2(C[C@H](C)NCC(=O)N3[C@H](C#N)C[C@@H]4C[C@@H]43)c3ccc(C(=O)N(C)C)cc3CCc3cc(C(=O)N(C)C)ccc32)o1. The molecule has 0 bridgehead atoms. The number of carbonyl (C=O) groups is 3. The van der Waals surface area contributed by atoms with Crippen molar-refractivity contribution in [2.45, 2.75) is 75.9 Å². The molecule has 6 rings (SSSR count). The summed E-state index contributed by atoms with van der Waals surface area (Å²) < 4.78 is 6.42. The van der Waals surface area contributed by atoms with Gasteiger partial charge in [0.2, 0.25) is 17.7 Å². The fraction of sp³-hybridized carbons (Fsp3) is 0.500. The Morgan fingerprint density at radius 3 is 2.11 bits per heavy atom. The van der Waals surface area contributed by atoms with Crippen LogP contribution in [-0.4, -0.2) is 95.5 Å². The molecule has 3 amide bonds. The molecule has 3 aromatic rings. The van der Waals surface area contributed by atoms with E-state index in [1.165, 1.54) is 0 Å². The van der Waals surface area contributed by atoms with Gasteiger partial charge in [-0.2, -0.15) is 5.26 Å². The number of hydrogen-bond acceptors (Lipinski definition) is 8. The number of amides is 3. The lowest BCUT2D eigenvalue weighted by Gasteiger charge is -2.36. The van der Waals surface area contributed by atoms with Crippen molar-refractivity contribution in [3.8, 4) is 6.07 Å². The Labute approximate surface area is 275 Å². The minimum Gasteiger partial charge on any atom is -0.424 e. The van der Waals surface area contributed by atoms with Crippen LogP contribution in [0.2, 0.25) is 0 Å². The van der Waals surface area contributed by atoms with Gasteiger partial charge in [-0.1, -0.05) is 19.1 Å². The van der Waals surface area contributed by atoms with E-state index in [0.29, 0.717) is 54.5 Å². The third-order valence-corrected chi connectivity index (χ3v) is 9.99. The molecule has 1 aromatic heterocycles. The first kappa shape index (κ1) is 32.4. The molecule has 2 aromatic carbocycles. The van der Waals surface area contributed by atoms with E-state index >= 15 is 0 Å². The van der Waals surface area contributed by atoms with Crippen molar-refractivity contribution in [1.29, 1.82) is 5.26 Å². The second-order valence-electron chi connectivity index (χ2n) is 13.6. The van der Waals surface area contributed by atoms with Gasteiger partial charge in [0, 0.05) is 57.8 Å². The molecule has 1 saturated heterocycles. The van der Waals surface area contributed by atoms with Gasteiger partial charge in [0.25, 0.3) is 11.8 Å². The van der Waals surface area contributed by atoms with Crippen LogP contribution in [0, 0.1) is 17.2 Å². The Morgan fingerprint density at radius 2 is 1.60 bits per heavy atom. The molecule has 3 aliphatic rings. The highest BCUT2D eigenvalue weighted by Crippen LogP contribution is 2.49. The highest BCUT2D eigenvalue weighted by atomic mass is 16.4. The van der Waals surface area contributed by atoms with Crippen LogP contribution in [0.25, 0.3) is 0 Å². The second kappa shape index (κ2) is 12.6. The number of nitriles is 1. The smallest absolute Gasteiger partial charge is 0.253 e. The molecule has 2 aliphatic carbocycles. The van der Waals surface area contributed by atoms with E-state index in [9.17, 15) is 19.6 Å². The average molecular weight is 638 g/mol. The summed E-state index contributed by atoms with van der Waals surface area (Å²) in [6, 6.07) is 13.6. The first-order valence-corrected chi connectivity index (χ1v) is 16.5. The zero-order valence-electron chi connectivity index (χ0n) is 28.0. The van der Waals surface area contributed by atoms with Gasteiger partial charge in [-0.15, -0.1) is 10.2 Å². The van der Waals surface area contributed by atoms with E-state index < -0.39 is 5.41 Å². The molecular weight excluding hydrogens is 594 g/mol. The molecule has 47 heavy (non-hydrogen) atoms. The van der Waals surface area contributed by atoms with Crippen LogP contribution >= 0.6 is 0 Å². The number of nitrogens with one attached hydrogen (secondary N) is 1. The number of hydrogen-bond donors (Lipinski definition) is 1. The largest absolute Gasteiger partial charge is 0.424 e. The summed E-state index contributed by atoms with van der Waals surface area (Å²) in [4.78, 5) is 44.5. The maximum absolute atomic E-state index is 13.4. The number of aromatic nitrogens is 2. The molecule has 11 nitrogen and oxygen atoms in total. The minimum atomic E-state index is -0.944. The summed E-state index contributed by atoms with van der Waals surface area (Å²) in [5, 5.41) is 22.1. The number of piperidine rings is 1. The van der Waals surface area contributed by atoms with Crippen molar-refractivity contribution in [2.24, 2.45) is 5.92 Å². The molecular formula is C36H43N7O4. The fourth-order valence-electron chi connectivity index (χ4n) is 7.55. The molecule has 0 radical (unpaired) electrons. The van der Waals surface area contributed by atoms with Crippen LogP contribution in [0.3, 0.4) is 0 Å². The molecule has 4 atom stereocenters. The standard InChI is InChI=1S/C36H43N7O4/c1-7-31-39-40-35(47-31)36(18-21(2)38-20-32(44)43-27(19-37)16-26-17-30(26)43)28-12-10-24(33(45)41(3)4)14-22(28)8-9-23-15-25(11-13-29(23)36)34(46)42(5)6/h10-15,21,26-27,30,38H,7-9,16-18,20H2,1-6H3/t21-,26+,27-,30-/m0/s1. The third kappa shape index (κ3) is 5.80. The lowest BCUT2D eigenvalue weighted by Crippen LogP contribution is -2.46. The summed E-state index contributed by atoms with van der Waals surface area (Å²) in [7, 11) is 6.95. The van der Waals surface area contributed by atoms with Crippen molar-refractivity contribution in [3.63, 3.8) is 0 Å². The minimum absolute atomic E-state index is 0.0612. The van der Waals surface area contributed by atoms with Crippen molar-refractivity contribution in [1.82, 2.24) is 30.2 Å². The molecule has 1 aliphatic heterocycles. The third-order valence-electron chi connectivity index (χ3n) is 9.99. The number of fused-ring (bicyclic) bond motifs is 3. The van der Waals surface area contributed by atoms with Gasteiger partial charge in [0.1, 0.15) is 11.5 Å². The number of carbonyl (C=O) groups excluding carboxylic acids is 3. The lowest BCUT2D eigenvalue weighted by molar-refractivity contribution is -0.131. The van der Waals surface area contributed by atoms with Gasteiger partial charge in [-0.25, -0.2) is 0 Å². The summed E-state index contributed by atoms with van der Waals surface area (Å²) >= 11 is 0. The summed E-state index contributed by atoms with van der Waals surface area (Å²) in [5.41, 5.74) is 4.12. The lowest BCUT2D eigenvalue weighted by atomic mass is 9.68. The zero-order chi connectivity index (χ0) is 33.6. The van der Waals surface area contributed by atoms with Gasteiger partial charge in [0.05, 0.1) is 12.6 Å². The number of aryl methyl sites for hydroxylation is 3. The number of nitrogens with zero attached hydrogens (tertiary/aromatic N) is 6. The van der Waals surface area contributed by atoms with Crippen molar-refractivity contribution < 1.29 is 18.8 Å². The van der Waals surface area contributed by atoms with Crippen molar-refractivity contribution >= 4 is 17.7 Å². The van der Waals surface area contributed by atoms with Crippen LogP contribution in [0.5, 0.6) is 0 Å². The Kier molecular flexibility index (Phi) is 8.66. The maximum atomic E-state index is 13.4. The van der Waals surface area contributed by atoms with Crippen molar-refractivity contribution in [2.75, 3.05) is 34.7 Å². The van der Waals surface area contributed by atoms with E-state index in [1.54, 1.807) is 42.9 Å². The first-order chi connectivity index (χ1) is 22.5. The first-order valence-electron chi connectivity index (χ1n) is 16.5. The Hall–Kier alpha value is -4.56. The van der Waals surface area contributed by atoms with Gasteiger partial charge >= 0.3 is 0 Å². The predicted molar refractivity (Wildman–Crippen MR) is 175 cm³/mol. The van der Waals surface area contributed by atoms with Crippen LogP contribution in [0.1, 0.15) is 87.9 Å². The van der Waals surface area contributed by atoms with Gasteiger partial charge in [0.15, 0.2) is 0 Å². The van der Waals surface area contributed by atoms with E-state index in [1.807, 2.05) is 50.2 Å². The molecule has 2 heterocycles.